The van der Waals surface area contributed by atoms with E-state index in [1.165, 1.54) is 19.3 Å². The molecule has 0 aromatic heterocycles. The summed E-state index contributed by atoms with van der Waals surface area (Å²) in [6, 6.07) is 9.29. The van der Waals surface area contributed by atoms with Crippen LogP contribution in [0.2, 0.25) is 25.2 Å². The van der Waals surface area contributed by atoms with Crippen LogP contribution in [0.25, 0.3) is 0 Å². The normalized spacial score (nSPS) is 41.9. The van der Waals surface area contributed by atoms with Gasteiger partial charge in [0, 0.05) is 13.5 Å². The Balaban J connectivity index is 1.72. The highest BCUT2D eigenvalue weighted by Crippen LogP contribution is 2.75. The standard InChI is InChI=1S/C21H28O2SSi/c1-25(2,3)19-15-12-18-14-9-10-16(11-14)21(18,13-15)20(19)24(22,23)17-7-5-4-6-8-17/h4-8,12,14-16,19-20H,9-11,13H2,1-3H3/t14-,15-,16-,19+,20+,21+/m0/s1. The molecule has 134 valence electrons. The molecule has 25 heavy (non-hydrogen) atoms. The number of allylic oxidation sites excluding steroid dienone is 2. The van der Waals surface area contributed by atoms with Gasteiger partial charge in [-0.1, -0.05) is 49.5 Å². The van der Waals surface area contributed by atoms with E-state index in [0.29, 0.717) is 28.2 Å². The average Bonchev–Trinajstić information content (AvgIpc) is 3.29. The minimum absolute atomic E-state index is 0.0206. The van der Waals surface area contributed by atoms with Gasteiger partial charge in [-0.3, -0.25) is 0 Å². The topological polar surface area (TPSA) is 34.1 Å². The highest BCUT2D eigenvalue weighted by atomic mass is 32.2. The van der Waals surface area contributed by atoms with E-state index in [9.17, 15) is 8.42 Å². The maximum atomic E-state index is 13.9. The van der Waals surface area contributed by atoms with E-state index >= 15 is 0 Å². The van der Waals surface area contributed by atoms with Gasteiger partial charge in [0.15, 0.2) is 9.84 Å². The first-order chi connectivity index (χ1) is 11.8. The van der Waals surface area contributed by atoms with Crippen LogP contribution in [0, 0.1) is 23.2 Å². The maximum Gasteiger partial charge on any atom is 0.182 e. The molecule has 0 amide bonds. The van der Waals surface area contributed by atoms with E-state index in [-0.39, 0.29) is 10.7 Å². The van der Waals surface area contributed by atoms with Crippen molar-refractivity contribution in [3.8, 4) is 0 Å². The van der Waals surface area contributed by atoms with Gasteiger partial charge in [-0.25, -0.2) is 8.42 Å². The Morgan fingerprint density at radius 3 is 2.48 bits per heavy atom. The summed E-state index contributed by atoms with van der Waals surface area (Å²) in [4.78, 5) is 0.548. The number of hydrogen-bond acceptors (Lipinski definition) is 2. The van der Waals surface area contributed by atoms with E-state index in [0.717, 1.165) is 6.42 Å². The molecule has 0 aliphatic heterocycles. The van der Waals surface area contributed by atoms with Crippen LogP contribution in [-0.2, 0) is 9.84 Å². The van der Waals surface area contributed by atoms with Crippen LogP contribution in [0.3, 0.4) is 0 Å². The summed E-state index contributed by atoms with van der Waals surface area (Å²) >= 11 is 0. The van der Waals surface area contributed by atoms with Gasteiger partial charge in [0.05, 0.1) is 10.1 Å². The van der Waals surface area contributed by atoms with Gasteiger partial charge in [0.2, 0.25) is 0 Å². The zero-order chi connectivity index (χ0) is 17.6. The molecule has 2 nitrogen and oxygen atoms in total. The van der Waals surface area contributed by atoms with Crippen LogP contribution in [0.5, 0.6) is 0 Å². The Kier molecular flexibility index (Phi) is 3.19. The molecule has 5 rings (SSSR count). The summed E-state index contributed by atoms with van der Waals surface area (Å²) in [6.45, 7) is 7.13. The number of benzene rings is 1. The predicted molar refractivity (Wildman–Crippen MR) is 104 cm³/mol. The van der Waals surface area contributed by atoms with Crippen molar-refractivity contribution < 1.29 is 8.42 Å². The van der Waals surface area contributed by atoms with Crippen molar-refractivity contribution in [2.75, 3.05) is 0 Å². The second-order valence-electron chi connectivity index (χ2n) is 9.91. The van der Waals surface area contributed by atoms with E-state index in [4.69, 9.17) is 0 Å². The lowest BCUT2D eigenvalue weighted by Gasteiger charge is -2.46. The van der Waals surface area contributed by atoms with E-state index in [1.807, 2.05) is 30.3 Å². The molecular formula is C21H28O2SSi. The summed E-state index contributed by atoms with van der Waals surface area (Å²) < 4.78 is 27.8. The minimum atomic E-state index is -3.29. The number of hydrogen-bond donors (Lipinski definition) is 0. The second kappa shape index (κ2) is 4.89. The van der Waals surface area contributed by atoms with Crippen molar-refractivity contribution in [2.24, 2.45) is 23.2 Å². The van der Waals surface area contributed by atoms with Gasteiger partial charge in [0.25, 0.3) is 0 Å². The number of sulfone groups is 1. The van der Waals surface area contributed by atoms with Crippen LogP contribution >= 0.6 is 0 Å². The third-order valence-electron chi connectivity index (χ3n) is 7.81. The summed E-state index contributed by atoms with van der Waals surface area (Å²) in [5, 5.41) is -0.172. The van der Waals surface area contributed by atoms with Crippen molar-refractivity contribution in [3.05, 3.63) is 42.0 Å². The van der Waals surface area contributed by atoms with Gasteiger partial charge in [-0.15, -0.1) is 0 Å². The summed E-state index contributed by atoms with van der Waals surface area (Å²) in [5.74, 6) is 1.80. The monoisotopic (exact) mass is 372 g/mol. The highest BCUT2D eigenvalue weighted by molar-refractivity contribution is 7.92. The summed E-state index contributed by atoms with van der Waals surface area (Å²) in [5.41, 5.74) is 1.90. The molecule has 1 aromatic rings. The van der Waals surface area contributed by atoms with Crippen molar-refractivity contribution in [1.29, 1.82) is 0 Å². The van der Waals surface area contributed by atoms with Crippen molar-refractivity contribution >= 4 is 17.9 Å². The van der Waals surface area contributed by atoms with Crippen LogP contribution < -0.4 is 0 Å². The highest BCUT2D eigenvalue weighted by Gasteiger charge is 2.72. The van der Waals surface area contributed by atoms with Gasteiger partial charge >= 0.3 is 0 Å². The van der Waals surface area contributed by atoms with Gasteiger partial charge in [0.1, 0.15) is 0 Å². The molecule has 1 spiro atoms. The van der Waals surface area contributed by atoms with Crippen LogP contribution in [0.4, 0.5) is 0 Å². The lowest BCUT2D eigenvalue weighted by atomic mass is 9.69. The minimum Gasteiger partial charge on any atom is -0.223 e. The van der Waals surface area contributed by atoms with Gasteiger partial charge in [-0.05, 0) is 61.1 Å². The SMILES string of the molecule is C[Si](C)(C)[C@H]1[C@@H](S(=O)(=O)c2ccccc2)[C@@]23C[C@@H]1C=C2[C@H]1CC[C@H]3C1. The first-order valence-electron chi connectivity index (χ1n) is 9.77. The molecule has 4 bridgehead atoms. The van der Waals surface area contributed by atoms with E-state index in [2.05, 4.69) is 25.7 Å². The fourth-order valence-electron chi connectivity index (χ4n) is 7.21. The van der Waals surface area contributed by atoms with Gasteiger partial charge < -0.3 is 0 Å². The lowest BCUT2D eigenvalue weighted by Crippen LogP contribution is -2.49. The molecule has 0 unspecified atom stereocenters. The molecule has 0 heterocycles. The Morgan fingerprint density at radius 2 is 1.80 bits per heavy atom. The second-order valence-corrected chi connectivity index (χ2v) is 17.4. The quantitative estimate of drug-likeness (QED) is 0.558. The zero-order valence-corrected chi connectivity index (χ0v) is 17.2. The molecule has 3 fully saturated rings. The molecule has 0 N–H and O–H groups in total. The Bertz CT molecular complexity index is 852. The number of rotatable bonds is 3. The van der Waals surface area contributed by atoms with Crippen molar-refractivity contribution in [1.82, 2.24) is 0 Å². The predicted octanol–water partition coefficient (Wildman–Crippen LogP) is 4.91. The van der Waals surface area contributed by atoms with Crippen LogP contribution in [0.15, 0.2) is 46.9 Å². The summed E-state index contributed by atoms with van der Waals surface area (Å²) in [6.07, 6.45) is 7.46. The van der Waals surface area contributed by atoms with Crippen molar-refractivity contribution in [2.45, 2.75) is 61.0 Å². The largest absolute Gasteiger partial charge is 0.223 e. The smallest absolute Gasteiger partial charge is 0.182 e. The van der Waals surface area contributed by atoms with Gasteiger partial charge in [-0.2, -0.15) is 0 Å². The average molecular weight is 373 g/mol. The molecular weight excluding hydrogens is 344 g/mol. The molecule has 1 aromatic carbocycles. The Labute approximate surface area is 152 Å². The molecule has 3 saturated carbocycles. The lowest BCUT2D eigenvalue weighted by molar-refractivity contribution is 0.245. The molecule has 4 aliphatic rings. The van der Waals surface area contributed by atoms with Crippen LogP contribution in [-0.4, -0.2) is 21.7 Å². The fraction of sp³-hybridized carbons (Fsp3) is 0.619. The molecule has 6 atom stereocenters. The molecule has 0 saturated heterocycles. The van der Waals surface area contributed by atoms with E-state index < -0.39 is 17.9 Å². The summed E-state index contributed by atoms with van der Waals surface area (Å²) in [7, 11) is -4.89. The fourth-order valence-corrected chi connectivity index (χ4v) is 14.1. The Hall–Kier alpha value is -0.873. The molecule has 4 heteroatoms. The maximum absolute atomic E-state index is 13.9. The first kappa shape index (κ1) is 16.3. The Morgan fingerprint density at radius 1 is 1.08 bits per heavy atom. The third-order valence-corrected chi connectivity index (χ3v) is 13.1. The number of fused-ring (bicyclic) bond motifs is 4. The van der Waals surface area contributed by atoms with E-state index in [1.54, 1.807) is 5.57 Å². The van der Waals surface area contributed by atoms with Crippen LogP contribution in [0.1, 0.15) is 25.7 Å². The van der Waals surface area contributed by atoms with Crippen molar-refractivity contribution in [3.63, 3.8) is 0 Å². The third kappa shape index (κ3) is 1.93. The first-order valence-corrected chi connectivity index (χ1v) is 14.9. The molecule has 0 radical (unpaired) electrons. The molecule has 4 aliphatic carbocycles. The zero-order valence-electron chi connectivity index (χ0n) is 15.4.